The fourth-order valence-electron chi connectivity index (χ4n) is 1.19. The van der Waals surface area contributed by atoms with Crippen molar-refractivity contribution in [3.05, 3.63) is 34.4 Å². The summed E-state index contributed by atoms with van der Waals surface area (Å²) in [7, 11) is 1.47. The van der Waals surface area contributed by atoms with E-state index in [1.807, 2.05) is 0 Å². The summed E-state index contributed by atoms with van der Waals surface area (Å²) in [5.74, 6) is -0.427. The number of aromatic amines is 1. The number of H-pyrrole nitrogens is 1. The monoisotopic (exact) mass is 192 g/mol. The predicted octanol–water partition coefficient (Wildman–Crippen LogP) is -0.618. The Morgan fingerprint density at radius 2 is 2.43 bits per heavy atom. The van der Waals surface area contributed by atoms with Crippen LogP contribution in [0.3, 0.4) is 0 Å². The second-order valence-corrected chi connectivity index (χ2v) is 2.71. The van der Waals surface area contributed by atoms with Crippen LogP contribution < -0.4 is 10.9 Å². The molecule has 2 rings (SSSR count). The van der Waals surface area contributed by atoms with Gasteiger partial charge in [0.1, 0.15) is 11.2 Å². The van der Waals surface area contributed by atoms with Crippen molar-refractivity contribution in [1.29, 1.82) is 0 Å². The van der Waals surface area contributed by atoms with Crippen molar-refractivity contribution in [2.24, 2.45) is 0 Å². The van der Waals surface area contributed by atoms with Crippen molar-refractivity contribution >= 4 is 11.6 Å². The first kappa shape index (κ1) is 8.49. The van der Waals surface area contributed by atoms with Crippen LogP contribution in [0.1, 0.15) is 10.4 Å². The third-order valence-electron chi connectivity index (χ3n) is 1.90. The van der Waals surface area contributed by atoms with E-state index in [1.54, 1.807) is 6.07 Å². The Morgan fingerprint density at radius 3 is 3.14 bits per heavy atom. The number of nitrogens with one attached hydrogen (secondary N) is 2. The van der Waals surface area contributed by atoms with Gasteiger partial charge >= 0.3 is 0 Å². The molecule has 0 saturated carbocycles. The molecular formula is C8H8N4O2. The van der Waals surface area contributed by atoms with Gasteiger partial charge in [-0.2, -0.15) is 9.61 Å². The summed E-state index contributed by atoms with van der Waals surface area (Å²) in [4.78, 5) is 25.6. The van der Waals surface area contributed by atoms with Crippen LogP contribution in [0.15, 0.2) is 23.3 Å². The maximum absolute atomic E-state index is 11.6. The number of hydrogen-bond acceptors (Lipinski definition) is 3. The molecule has 6 heteroatoms. The number of rotatable bonds is 1. The van der Waals surface area contributed by atoms with Crippen molar-refractivity contribution in [2.75, 3.05) is 7.05 Å². The van der Waals surface area contributed by atoms with E-state index in [-0.39, 0.29) is 5.56 Å². The second kappa shape index (κ2) is 2.99. The molecule has 0 unspecified atom stereocenters. The molecule has 72 valence electrons. The molecule has 2 aromatic rings. The highest BCUT2D eigenvalue weighted by Crippen LogP contribution is 1.95. The van der Waals surface area contributed by atoms with Crippen LogP contribution in [0, 0.1) is 0 Å². The number of hydrogen-bond donors (Lipinski definition) is 2. The Hall–Kier alpha value is -2.11. The molecule has 0 bridgehead atoms. The van der Waals surface area contributed by atoms with Crippen LogP contribution in [0.25, 0.3) is 5.65 Å². The highest BCUT2D eigenvalue weighted by molar-refractivity contribution is 5.93. The van der Waals surface area contributed by atoms with Gasteiger partial charge in [-0.25, -0.2) is 0 Å². The van der Waals surface area contributed by atoms with Crippen LogP contribution >= 0.6 is 0 Å². The van der Waals surface area contributed by atoms with E-state index in [4.69, 9.17) is 0 Å². The smallest absolute Gasteiger partial charge is 0.287 e. The van der Waals surface area contributed by atoms with E-state index >= 15 is 0 Å². The summed E-state index contributed by atoms with van der Waals surface area (Å²) in [6.07, 6.45) is 2.86. The summed E-state index contributed by atoms with van der Waals surface area (Å²) in [6.45, 7) is 0. The Balaban J connectivity index is 2.74. The van der Waals surface area contributed by atoms with E-state index in [0.717, 1.165) is 4.52 Å². The van der Waals surface area contributed by atoms with E-state index in [1.165, 1.54) is 19.4 Å². The van der Waals surface area contributed by atoms with Crippen molar-refractivity contribution in [1.82, 2.24) is 19.9 Å². The van der Waals surface area contributed by atoms with Gasteiger partial charge in [-0.1, -0.05) is 0 Å². The van der Waals surface area contributed by atoms with Crippen LogP contribution in [0.2, 0.25) is 0 Å². The number of fused-ring (bicyclic) bond motifs is 1. The zero-order valence-electron chi connectivity index (χ0n) is 7.44. The number of nitrogens with zero attached hydrogens (tertiary/aromatic N) is 2. The largest absolute Gasteiger partial charge is 0.355 e. The van der Waals surface area contributed by atoms with Crippen molar-refractivity contribution < 1.29 is 4.79 Å². The highest BCUT2D eigenvalue weighted by Gasteiger charge is 2.11. The molecule has 2 aromatic heterocycles. The van der Waals surface area contributed by atoms with Gasteiger partial charge in [0.15, 0.2) is 0 Å². The van der Waals surface area contributed by atoms with Gasteiger partial charge in [-0.3, -0.25) is 9.59 Å². The first-order valence-electron chi connectivity index (χ1n) is 4.01. The topological polar surface area (TPSA) is 79.3 Å². The number of carbonyl (C=O) groups excluding carboxylic acids is 1. The fraction of sp³-hybridized carbons (Fsp3) is 0.125. The Labute approximate surface area is 78.6 Å². The maximum atomic E-state index is 11.6. The minimum atomic E-state index is -0.428. The molecule has 0 atom stereocenters. The lowest BCUT2D eigenvalue weighted by Gasteiger charge is -1.98. The lowest BCUT2D eigenvalue weighted by atomic mass is 10.3. The van der Waals surface area contributed by atoms with Gasteiger partial charge in [-0.15, -0.1) is 0 Å². The molecule has 0 radical (unpaired) electrons. The second-order valence-electron chi connectivity index (χ2n) is 2.71. The third kappa shape index (κ3) is 1.08. The standard InChI is InChI=1S/C8H8N4O2/c1-9-7(13)5-4-10-6-2-3-11-12(6)8(5)14/h2-4,10H,1H3,(H,9,13). The van der Waals surface area contributed by atoms with Gasteiger partial charge in [0.2, 0.25) is 0 Å². The lowest BCUT2D eigenvalue weighted by molar-refractivity contribution is 0.0961. The summed E-state index contributed by atoms with van der Waals surface area (Å²) in [5.41, 5.74) is 0.175. The Morgan fingerprint density at radius 1 is 1.64 bits per heavy atom. The minimum absolute atomic E-state index is 0.0451. The van der Waals surface area contributed by atoms with Crippen molar-refractivity contribution in [3.8, 4) is 0 Å². The van der Waals surface area contributed by atoms with Gasteiger partial charge < -0.3 is 10.3 Å². The Bertz CT molecular complexity index is 540. The number of aromatic nitrogens is 3. The molecule has 0 aliphatic carbocycles. The molecule has 0 spiro atoms. The van der Waals surface area contributed by atoms with Gasteiger partial charge in [-0.05, 0) is 0 Å². The average Bonchev–Trinajstić information content (AvgIpc) is 2.66. The first-order valence-corrected chi connectivity index (χ1v) is 4.01. The molecule has 0 aliphatic rings. The quantitative estimate of drug-likeness (QED) is 0.632. The summed E-state index contributed by atoms with van der Waals surface area (Å²) in [5, 5.41) is 6.17. The maximum Gasteiger partial charge on any atom is 0.287 e. The van der Waals surface area contributed by atoms with Crippen LogP contribution in [-0.2, 0) is 0 Å². The molecule has 2 heterocycles. The van der Waals surface area contributed by atoms with Crippen molar-refractivity contribution in [2.45, 2.75) is 0 Å². The van der Waals surface area contributed by atoms with E-state index in [0.29, 0.717) is 5.65 Å². The zero-order valence-corrected chi connectivity index (χ0v) is 7.44. The SMILES string of the molecule is CNC(=O)c1c[nH]c2ccnn2c1=O. The van der Waals surface area contributed by atoms with Crippen LogP contribution in [-0.4, -0.2) is 27.6 Å². The number of carbonyl (C=O) groups is 1. The molecule has 0 fully saturated rings. The molecular weight excluding hydrogens is 184 g/mol. The molecule has 1 amide bonds. The average molecular weight is 192 g/mol. The normalized spacial score (nSPS) is 10.4. The minimum Gasteiger partial charge on any atom is -0.355 e. The zero-order chi connectivity index (χ0) is 10.1. The van der Waals surface area contributed by atoms with E-state index < -0.39 is 11.5 Å². The summed E-state index contributed by atoms with van der Waals surface area (Å²) >= 11 is 0. The molecule has 0 aromatic carbocycles. The fourth-order valence-corrected chi connectivity index (χ4v) is 1.19. The van der Waals surface area contributed by atoms with E-state index in [2.05, 4.69) is 15.4 Å². The Kier molecular flexibility index (Phi) is 1.81. The highest BCUT2D eigenvalue weighted by atomic mass is 16.2. The van der Waals surface area contributed by atoms with E-state index in [9.17, 15) is 9.59 Å². The van der Waals surface area contributed by atoms with Crippen LogP contribution in [0.4, 0.5) is 0 Å². The van der Waals surface area contributed by atoms with Gasteiger partial charge in [0, 0.05) is 19.3 Å². The van der Waals surface area contributed by atoms with Gasteiger partial charge in [0.05, 0.1) is 6.20 Å². The first-order chi connectivity index (χ1) is 6.74. The summed E-state index contributed by atoms with van der Waals surface area (Å²) in [6, 6.07) is 1.65. The predicted molar refractivity (Wildman–Crippen MR) is 49.2 cm³/mol. The number of amides is 1. The van der Waals surface area contributed by atoms with Crippen molar-refractivity contribution in [3.63, 3.8) is 0 Å². The molecule has 14 heavy (non-hydrogen) atoms. The van der Waals surface area contributed by atoms with Gasteiger partial charge in [0.25, 0.3) is 11.5 Å². The lowest BCUT2D eigenvalue weighted by Crippen LogP contribution is -2.29. The molecule has 6 nitrogen and oxygen atoms in total. The molecule has 0 aliphatic heterocycles. The summed E-state index contributed by atoms with van der Waals surface area (Å²) < 4.78 is 1.14. The van der Waals surface area contributed by atoms with Crippen LogP contribution in [0.5, 0.6) is 0 Å². The molecule has 0 saturated heterocycles. The third-order valence-corrected chi connectivity index (χ3v) is 1.90. The molecule has 2 N–H and O–H groups in total.